The van der Waals surface area contributed by atoms with E-state index in [-0.39, 0.29) is 11.1 Å². The van der Waals surface area contributed by atoms with E-state index < -0.39 is 24.3 Å². The number of hydrogen-bond donors (Lipinski definition) is 1. The fraction of sp³-hybridized carbons (Fsp3) is 0.385. The minimum Gasteiger partial charge on any atom is -0.480 e. The number of amides is 1. The zero-order chi connectivity index (χ0) is 14.0. The van der Waals surface area contributed by atoms with E-state index in [1.807, 2.05) is 0 Å². The predicted molar refractivity (Wildman–Crippen MR) is 63.1 cm³/mol. The molecule has 0 unspecified atom stereocenters. The van der Waals surface area contributed by atoms with Gasteiger partial charge >= 0.3 is 5.97 Å². The maximum absolute atomic E-state index is 12.6. The molecule has 0 saturated carbocycles. The van der Waals surface area contributed by atoms with Gasteiger partial charge in [0.25, 0.3) is 12.3 Å². The number of likely N-dealkylation sites (tertiary alicyclic amines) is 1. The first kappa shape index (κ1) is 13.5. The summed E-state index contributed by atoms with van der Waals surface area (Å²) in [7, 11) is 0. The van der Waals surface area contributed by atoms with Crippen molar-refractivity contribution in [3.8, 4) is 0 Å². The van der Waals surface area contributed by atoms with Crippen LogP contribution >= 0.6 is 0 Å². The number of rotatable bonds is 3. The lowest BCUT2D eigenvalue weighted by Crippen LogP contribution is -2.40. The summed E-state index contributed by atoms with van der Waals surface area (Å²) in [6.07, 6.45) is -1.64. The molecule has 0 bridgehead atoms. The second-order valence-electron chi connectivity index (χ2n) is 4.42. The monoisotopic (exact) mass is 269 g/mol. The van der Waals surface area contributed by atoms with Crippen LogP contribution in [0.25, 0.3) is 0 Å². The zero-order valence-corrected chi connectivity index (χ0v) is 10.1. The van der Waals surface area contributed by atoms with E-state index in [1.165, 1.54) is 23.1 Å². The third-order valence-electron chi connectivity index (χ3n) is 3.18. The van der Waals surface area contributed by atoms with Gasteiger partial charge in [0.1, 0.15) is 6.04 Å². The molecule has 4 nitrogen and oxygen atoms in total. The number of alkyl halides is 2. The van der Waals surface area contributed by atoms with Gasteiger partial charge in [0.05, 0.1) is 0 Å². The number of benzene rings is 1. The summed E-state index contributed by atoms with van der Waals surface area (Å²) in [5.41, 5.74) is -0.136. The average Bonchev–Trinajstić information content (AvgIpc) is 2.87. The molecule has 1 aromatic carbocycles. The van der Waals surface area contributed by atoms with Gasteiger partial charge in [0.2, 0.25) is 0 Å². The maximum Gasteiger partial charge on any atom is 0.326 e. The Balaban J connectivity index is 2.24. The van der Waals surface area contributed by atoms with Gasteiger partial charge in [-0.2, -0.15) is 0 Å². The number of carbonyl (C=O) groups is 2. The Hall–Kier alpha value is -1.98. The Bertz CT molecular complexity index is 504. The first-order chi connectivity index (χ1) is 9.00. The molecule has 0 aliphatic carbocycles. The highest BCUT2D eigenvalue weighted by atomic mass is 19.3. The molecule has 0 aromatic heterocycles. The van der Waals surface area contributed by atoms with Crippen molar-refractivity contribution < 1.29 is 23.5 Å². The third-order valence-corrected chi connectivity index (χ3v) is 3.18. The molecule has 1 aromatic rings. The normalized spacial score (nSPS) is 18.9. The van der Waals surface area contributed by atoms with Crippen molar-refractivity contribution in [2.24, 2.45) is 0 Å². The lowest BCUT2D eigenvalue weighted by molar-refractivity contribution is -0.141. The topological polar surface area (TPSA) is 57.6 Å². The number of carbonyl (C=O) groups excluding carboxylic acids is 1. The van der Waals surface area contributed by atoms with Gasteiger partial charge in [-0.25, -0.2) is 13.6 Å². The van der Waals surface area contributed by atoms with Crippen molar-refractivity contribution >= 4 is 11.9 Å². The molecule has 1 N–H and O–H groups in total. The van der Waals surface area contributed by atoms with E-state index in [9.17, 15) is 18.4 Å². The molecular formula is C13H13F2NO3. The molecular weight excluding hydrogens is 256 g/mol. The molecule has 1 fully saturated rings. The molecule has 1 heterocycles. The summed E-state index contributed by atoms with van der Waals surface area (Å²) in [6, 6.07) is 4.29. The van der Waals surface area contributed by atoms with E-state index in [0.29, 0.717) is 19.4 Å². The van der Waals surface area contributed by atoms with Crippen molar-refractivity contribution in [3.05, 3.63) is 35.4 Å². The molecule has 0 spiro atoms. The van der Waals surface area contributed by atoms with Crippen molar-refractivity contribution in [3.63, 3.8) is 0 Å². The van der Waals surface area contributed by atoms with Crippen LogP contribution in [0.5, 0.6) is 0 Å². The summed E-state index contributed by atoms with van der Waals surface area (Å²) in [4.78, 5) is 24.4. The van der Waals surface area contributed by atoms with Crippen LogP contribution in [-0.4, -0.2) is 34.5 Å². The Morgan fingerprint density at radius 3 is 2.74 bits per heavy atom. The maximum atomic E-state index is 12.6. The SMILES string of the molecule is O=C(O)[C@@H]1CCCN1C(=O)c1cccc(C(F)F)c1. The standard InChI is InChI=1S/C13H13F2NO3/c14-11(15)8-3-1-4-9(7-8)12(17)16-6-2-5-10(16)13(18)19/h1,3-4,7,10-11H,2,5-6H2,(H,18,19)/t10-/m0/s1. The van der Waals surface area contributed by atoms with Crippen molar-refractivity contribution in [1.29, 1.82) is 0 Å². The summed E-state index contributed by atoms with van der Waals surface area (Å²) in [5, 5.41) is 9.01. The van der Waals surface area contributed by atoms with E-state index in [0.717, 1.165) is 6.07 Å². The van der Waals surface area contributed by atoms with E-state index in [4.69, 9.17) is 5.11 Å². The largest absolute Gasteiger partial charge is 0.480 e. The van der Waals surface area contributed by atoms with Gasteiger partial charge in [0.15, 0.2) is 0 Å². The van der Waals surface area contributed by atoms with E-state index in [1.54, 1.807) is 0 Å². The average molecular weight is 269 g/mol. The molecule has 6 heteroatoms. The van der Waals surface area contributed by atoms with E-state index >= 15 is 0 Å². The van der Waals surface area contributed by atoms with Crippen LogP contribution in [0.2, 0.25) is 0 Å². The number of aliphatic carboxylic acids is 1. The summed E-state index contributed by atoms with van der Waals surface area (Å²) < 4.78 is 25.1. The third kappa shape index (κ3) is 2.72. The Labute approximate surface area is 108 Å². The smallest absolute Gasteiger partial charge is 0.326 e. The number of hydrogen-bond acceptors (Lipinski definition) is 2. The van der Waals surface area contributed by atoms with Crippen LogP contribution in [0.15, 0.2) is 24.3 Å². The van der Waals surface area contributed by atoms with Gasteiger partial charge < -0.3 is 10.0 Å². The predicted octanol–water partition coefficient (Wildman–Crippen LogP) is 2.31. The van der Waals surface area contributed by atoms with Gasteiger partial charge in [-0.1, -0.05) is 12.1 Å². The Morgan fingerprint density at radius 1 is 1.37 bits per heavy atom. The quantitative estimate of drug-likeness (QED) is 0.916. The highest BCUT2D eigenvalue weighted by molar-refractivity contribution is 5.97. The van der Waals surface area contributed by atoms with E-state index in [2.05, 4.69) is 0 Å². The van der Waals surface area contributed by atoms with Crippen molar-refractivity contribution in [2.45, 2.75) is 25.3 Å². The minimum absolute atomic E-state index is 0.103. The summed E-state index contributed by atoms with van der Waals surface area (Å²) in [5.74, 6) is -1.57. The van der Waals surface area contributed by atoms with Gasteiger partial charge in [-0.15, -0.1) is 0 Å². The fourth-order valence-corrected chi connectivity index (χ4v) is 2.24. The van der Waals surface area contributed by atoms with Crippen LogP contribution in [0, 0.1) is 0 Å². The molecule has 0 radical (unpaired) electrons. The molecule has 1 atom stereocenters. The van der Waals surface area contributed by atoms with Crippen LogP contribution in [0.1, 0.15) is 35.2 Å². The molecule has 1 amide bonds. The molecule has 1 aliphatic rings. The number of carboxylic acids is 1. The van der Waals surface area contributed by atoms with Crippen LogP contribution < -0.4 is 0 Å². The van der Waals surface area contributed by atoms with Crippen molar-refractivity contribution in [1.82, 2.24) is 4.90 Å². The first-order valence-electron chi connectivity index (χ1n) is 5.92. The molecule has 1 aliphatic heterocycles. The molecule has 2 rings (SSSR count). The summed E-state index contributed by atoms with van der Waals surface area (Å²) in [6.45, 7) is 0.342. The number of carboxylic acid groups (broad SMARTS) is 1. The molecule has 19 heavy (non-hydrogen) atoms. The number of halogens is 2. The lowest BCUT2D eigenvalue weighted by atomic mass is 10.1. The molecule has 1 saturated heterocycles. The highest BCUT2D eigenvalue weighted by Crippen LogP contribution is 2.23. The van der Waals surface area contributed by atoms with Crippen LogP contribution in [0.4, 0.5) is 8.78 Å². The summed E-state index contributed by atoms with van der Waals surface area (Å²) >= 11 is 0. The van der Waals surface area contributed by atoms with Gasteiger partial charge in [0, 0.05) is 17.7 Å². The van der Waals surface area contributed by atoms with Gasteiger partial charge in [-0.3, -0.25) is 4.79 Å². The first-order valence-corrected chi connectivity index (χ1v) is 5.92. The fourth-order valence-electron chi connectivity index (χ4n) is 2.24. The second kappa shape index (κ2) is 5.34. The van der Waals surface area contributed by atoms with Crippen LogP contribution in [-0.2, 0) is 4.79 Å². The second-order valence-corrected chi connectivity index (χ2v) is 4.42. The zero-order valence-electron chi connectivity index (χ0n) is 10.1. The highest BCUT2D eigenvalue weighted by Gasteiger charge is 2.34. The van der Waals surface area contributed by atoms with Crippen LogP contribution in [0.3, 0.4) is 0 Å². The van der Waals surface area contributed by atoms with Crippen molar-refractivity contribution in [2.75, 3.05) is 6.54 Å². The van der Waals surface area contributed by atoms with Gasteiger partial charge in [-0.05, 0) is 25.0 Å². The molecule has 102 valence electrons. The Kier molecular flexibility index (Phi) is 3.78. The number of nitrogens with zero attached hydrogens (tertiary/aromatic N) is 1. The lowest BCUT2D eigenvalue weighted by Gasteiger charge is -2.21. The minimum atomic E-state index is -2.65. The Morgan fingerprint density at radius 2 is 2.11 bits per heavy atom.